The largest absolute Gasteiger partial charge is 0.489 e. The number of rotatable bonds is 5. The maximum Gasteiger partial charge on any atom is 0.338 e. The third-order valence-corrected chi connectivity index (χ3v) is 3.31. The molecule has 0 saturated heterocycles. The molecule has 23 heavy (non-hydrogen) atoms. The summed E-state index contributed by atoms with van der Waals surface area (Å²) in [4.78, 5) is 23.4. The van der Waals surface area contributed by atoms with Crippen molar-refractivity contribution in [2.75, 3.05) is 7.11 Å². The Morgan fingerprint density at radius 3 is 2.52 bits per heavy atom. The number of benzene rings is 2. The molecule has 116 valence electrons. The number of nitrogens with zero attached hydrogens (tertiary/aromatic N) is 1. The van der Waals surface area contributed by atoms with Crippen LogP contribution in [0.3, 0.4) is 0 Å². The molecule has 2 rings (SSSR count). The van der Waals surface area contributed by atoms with Crippen LogP contribution >= 0.6 is 0 Å². The first-order chi connectivity index (χ1) is 11.1. The van der Waals surface area contributed by atoms with E-state index in [0.717, 1.165) is 5.56 Å². The van der Waals surface area contributed by atoms with Gasteiger partial charge in [0.1, 0.15) is 12.4 Å². The highest BCUT2D eigenvalue weighted by Gasteiger charge is 2.16. The van der Waals surface area contributed by atoms with E-state index in [1.54, 1.807) is 24.3 Å². The van der Waals surface area contributed by atoms with Crippen LogP contribution in [0.2, 0.25) is 0 Å². The van der Waals surface area contributed by atoms with Crippen molar-refractivity contribution in [3.63, 3.8) is 0 Å². The van der Waals surface area contributed by atoms with E-state index < -0.39 is 5.97 Å². The summed E-state index contributed by atoms with van der Waals surface area (Å²) in [6, 6.07) is 13.8. The number of nitriles is 1. The predicted octanol–water partition coefficient (Wildman–Crippen LogP) is 3.13. The normalized spacial score (nSPS) is 9.78. The highest BCUT2D eigenvalue weighted by molar-refractivity contribution is 6.05. The van der Waals surface area contributed by atoms with Crippen molar-refractivity contribution in [3.8, 4) is 11.8 Å². The van der Waals surface area contributed by atoms with Gasteiger partial charge in [-0.05, 0) is 31.2 Å². The van der Waals surface area contributed by atoms with Crippen LogP contribution in [0.5, 0.6) is 5.75 Å². The van der Waals surface area contributed by atoms with Crippen LogP contribution < -0.4 is 4.74 Å². The molecule has 0 fully saturated rings. The fourth-order valence-electron chi connectivity index (χ4n) is 2.12. The number of carbonyl (C=O) groups is 2. The Labute approximate surface area is 134 Å². The number of hydrogen-bond donors (Lipinski definition) is 0. The SMILES string of the molecule is COC(=O)c1cc(OCc2ccccc2C#N)ccc1C(C)=O. The summed E-state index contributed by atoms with van der Waals surface area (Å²) >= 11 is 0. The monoisotopic (exact) mass is 309 g/mol. The van der Waals surface area contributed by atoms with Crippen LogP contribution in [0.1, 0.15) is 38.8 Å². The van der Waals surface area contributed by atoms with E-state index in [4.69, 9.17) is 14.7 Å². The van der Waals surface area contributed by atoms with E-state index >= 15 is 0 Å². The van der Waals surface area contributed by atoms with Crippen molar-refractivity contribution in [2.45, 2.75) is 13.5 Å². The second kappa shape index (κ2) is 7.23. The molecular formula is C18H15NO4. The number of ether oxygens (including phenoxy) is 2. The second-order valence-electron chi connectivity index (χ2n) is 4.81. The minimum Gasteiger partial charge on any atom is -0.489 e. The average Bonchev–Trinajstić information content (AvgIpc) is 2.59. The first-order valence-corrected chi connectivity index (χ1v) is 6.91. The minimum absolute atomic E-state index is 0.158. The lowest BCUT2D eigenvalue weighted by atomic mass is 10.0. The number of esters is 1. The summed E-state index contributed by atoms with van der Waals surface area (Å²) in [6.07, 6.45) is 0. The summed E-state index contributed by atoms with van der Waals surface area (Å²) in [5.41, 5.74) is 1.71. The maximum absolute atomic E-state index is 11.8. The molecule has 0 unspecified atom stereocenters. The molecule has 2 aromatic rings. The Hall–Kier alpha value is -3.13. The summed E-state index contributed by atoms with van der Waals surface area (Å²) in [6.45, 7) is 1.56. The van der Waals surface area contributed by atoms with Crippen molar-refractivity contribution >= 4 is 11.8 Å². The smallest absolute Gasteiger partial charge is 0.338 e. The highest BCUT2D eigenvalue weighted by Crippen LogP contribution is 2.21. The van der Waals surface area contributed by atoms with Crippen molar-refractivity contribution in [1.82, 2.24) is 0 Å². The molecule has 0 heterocycles. The summed E-state index contributed by atoms with van der Waals surface area (Å²) in [7, 11) is 1.25. The van der Waals surface area contributed by atoms with Crippen molar-refractivity contribution in [2.24, 2.45) is 0 Å². The van der Waals surface area contributed by atoms with Gasteiger partial charge in [0.15, 0.2) is 5.78 Å². The zero-order valence-corrected chi connectivity index (χ0v) is 12.8. The third-order valence-electron chi connectivity index (χ3n) is 3.31. The predicted molar refractivity (Wildman–Crippen MR) is 83.3 cm³/mol. The van der Waals surface area contributed by atoms with E-state index in [1.165, 1.54) is 26.2 Å². The standard InChI is InChI=1S/C18H15NO4/c1-12(20)16-8-7-15(9-17(16)18(21)22-2)23-11-14-6-4-3-5-13(14)10-19/h3-9H,11H2,1-2H3. The summed E-state index contributed by atoms with van der Waals surface area (Å²) < 4.78 is 10.3. The molecule has 5 nitrogen and oxygen atoms in total. The first kappa shape index (κ1) is 16.2. The summed E-state index contributed by atoms with van der Waals surface area (Å²) in [5, 5.41) is 9.06. The Kier molecular flexibility index (Phi) is 5.11. The van der Waals surface area contributed by atoms with Gasteiger partial charge in [0.2, 0.25) is 0 Å². The Morgan fingerprint density at radius 1 is 1.13 bits per heavy atom. The zero-order chi connectivity index (χ0) is 16.8. The van der Waals surface area contributed by atoms with E-state index in [9.17, 15) is 9.59 Å². The molecule has 0 aliphatic carbocycles. The molecule has 0 bridgehead atoms. The zero-order valence-electron chi connectivity index (χ0n) is 12.8. The fourth-order valence-corrected chi connectivity index (χ4v) is 2.12. The topological polar surface area (TPSA) is 76.4 Å². The van der Waals surface area contributed by atoms with Crippen molar-refractivity contribution < 1.29 is 19.1 Å². The molecule has 0 spiro atoms. The van der Waals surface area contributed by atoms with Gasteiger partial charge in [-0.1, -0.05) is 18.2 Å². The van der Waals surface area contributed by atoms with Gasteiger partial charge in [-0.15, -0.1) is 0 Å². The lowest BCUT2D eigenvalue weighted by Gasteiger charge is -2.11. The number of methoxy groups -OCH3 is 1. The van der Waals surface area contributed by atoms with Gasteiger partial charge in [-0.2, -0.15) is 5.26 Å². The van der Waals surface area contributed by atoms with Gasteiger partial charge in [-0.3, -0.25) is 4.79 Å². The Balaban J connectivity index is 2.26. The molecule has 2 aromatic carbocycles. The fraction of sp³-hybridized carbons (Fsp3) is 0.167. The molecule has 5 heteroatoms. The van der Waals surface area contributed by atoms with Gasteiger partial charge in [0.05, 0.1) is 24.3 Å². The number of hydrogen-bond acceptors (Lipinski definition) is 5. The lowest BCUT2D eigenvalue weighted by molar-refractivity contribution is 0.0596. The van der Waals surface area contributed by atoms with Crippen molar-refractivity contribution in [3.05, 3.63) is 64.7 Å². The molecule has 0 aromatic heterocycles. The van der Waals surface area contributed by atoms with Gasteiger partial charge in [0.25, 0.3) is 0 Å². The molecule has 0 radical (unpaired) electrons. The lowest BCUT2D eigenvalue weighted by Crippen LogP contribution is -2.09. The molecule has 0 saturated carbocycles. The van der Waals surface area contributed by atoms with Gasteiger partial charge < -0.3 is 9.47 Å². The van der Waals surface area contributed by atoms with Crippen LogP contribution in [-0.2, 0) is 11.3 Å². The van der Waals surface area contributed by atoms with E-state index in [0.29, 0.717) is 11.3 Å². The second-order valence-corrected chi connectivity index (χ2v) is 4.81. The van der Waals surface area contributed by atoms with Crippen molar-refractivity contribution in [1.29, 1.82) is 5.26 Å². The van der Waals surface area contributed by atoms with E-state index in [-0.39, 0.29) is 23.5 Å². The third kappa shape index (κ3) is 3.74. The van der Waals surface area contributed by atoms with Crippen LogP contribution in [-0.4, -0.2) is 18.9 Å². The van der Waals surface area contributed by atoms with E-state index in [2.05, 4.69) is 6.07 Å². The molecule has 0 N–H and O–H groups in total. The van der Waals surface area contributed by atoms with Gasteiger partial charge in [-0.25, -0.2) is 4.79 Å². The number of carbonyl (C=O) groups excluding carboxylic acids is 2. The number of Topliss-reactive ketones (excluding diaryl/α,β-unsaturated/α-hetero) is 1. The van der Waals surface area contributed by atoms with Crippen LogP contribution in [0.15, 0.2) is 42.5 Å². The molecule has 0 amide bonds. The Bertz CT molecular complexity index is 790. The van der Waals surface area contributed by atoms with Crippen LogP contribution in [0.4, 0.5) is 0 Å². The van der Waals surface area contributed by atoms with Crippen LogP contribution in [0.25, 0.3) is 0 Å². The Morgan fingerprint density at radius 2 is 1.87 bits per heavy atom. The average molecular weight is 309 g/mol. The van der Waals surface area contributed by atoms with Gasteiger partial charge >= 0.3 is 5.97 Å². The van der Waals surface area contributed by atoms with Gasteiger partial charge in [0, 0.05) is 11.1 Å². The molecular weight excluding hydrogens is 294 g/mol. The summed E-state index contributed by atoms with van der Waals surface area (Å²) in [5.74, 6) is -0.409. The van der Waals surface area contributed by atoms with Crippen LogP contribution in [0, 0.1) is 11.3 Å². The molecule has 0 aliphatic rings. The first-order valence-electron chi connectivity index (χ1n) is 6.91. The molecule has 0 atom stereocenters. The quantitative estimate of drug-likeness (QED) is 0.626. The number of ketones is 1. The highest BCUT2D eigenvalue weighted by atomic mass is 16.5. The maximum atomic E-state index is 11.8. The minimum atomic E-state index is -0.599. The molecule has 0 aliphatic heterocycles. The van der Waals surface area contributed by atoms with E-state index in [1.807, 2.05) is 6.07 Å².